The molecule has 14 heteroatoms. The summed E-state index contributed by atoms with van der Waals surface area (Å²) in [5.41, 5.74) is 8.30. The zero-order valence-electron chi connectivity index (χ0n) is 33.6. The summed E-state index contributed by atoms with van der Waals surface area (Å²) in [5.74, 6) is 2.96. The molecule has 0 radical (unpaired) electrons. The molecule has 304 valence electrons. The zero-order valence-corrected chi connectivity index (χ0v) is 34.4. The number of hydrogen-bond donors (Lipinski definition) is 4. The van der Waals surface area contributed by atoms with Gasteiger partial charge in [0, 0.05) is 88.8 Å². The highest BCUT2D eigenvalue weighted by Crippen LogP contribution is 2.42. The van der Waals surface area contributed by atoms with Crippen LogP contribution in [0.3, 0.4) is 0 Å². The molecule has 1 aliphatic heterocycles. The third-order valence-corrected chi connectivity index (χ3v) is 11.0. The Balaban J connectivity index is 1.06. The summed E-state index contributed by atoms with van der Waals surface area (Å²) in [6.45, 7) is 2.49. The summed E-state index contributed by atoms with van der Waals surface area (Å²) in [5, 5.41) is 11.6. The molecule has 2 aliphatic rings. The number of carbonyl (C=O) groups excluding carboxylic acids is 2. The molecule has 2 heterocycles. The van der Waals surface area contributed by atoms with Crippen molar-refractivity contribution in [3.8, 4) is 34.8 Å². The number of fused-ring (bicyclic) bond motifs is 3. The van der Waals surface area contributed by atoms with E-state index >= 15 is 0 Å². The fraction of sp³-hybridized carbons (Fsp3) is 0.196. The molecule has 0 fully saturated rings. The summed E-state index contributed by atoms with van der Waals surface area (Å²) < 4.78 is 40.2. The number of aromatic nitrogens is 2. The van der Waals surface area contributed by atoms with E-state index in [1.54, 1.807) is 24.3 Å². The third-order valence-electron chi connectivity index (χ3n) is 10.1. The van der Waals surface area contributed by atoms with E-state index in [1.807, 2.05) is 110 Å². The fourth-order valence-electron chi connectivity index (χ4n) is 7.04. The SMILES string of the molecule is C#Cc1cccc(Nc2ncnc3ccc(NC(=O)CCNC(=O)c4ccc(-c5c6ccc(=[N+](C)C)cc-6oc6cc(N(C)CCCS(=O)(=O)O)ccc56)c(C)c4)cc23)c1. The molecule has 4 aromatic carbocycles. The molecule has 60 heavy (non-hydrogen) atoms. The lowest BCUT2D eigenvalue weighted by molar-refractivity contribution is -0.116. The van der Waals surface area contributed by atoms with Gasteiger partial charge in [-0.25, -0.2) is 14.5 Å². The average molecular weight is 823 g/mol. The maximum atomic E-state index is 13.4. The first-order valence-electron chi connectivity index (χ1n) is 19.2. The average Bonchev–Trinajstić information content (AvgIpc) is 3.22. The van der Waals surface area contributed by atoms with E-state index < -0.39 is 10.1 Å². The predicted molar refractivity (Wildman–Crippen MR) is 237 cm³/mol. The van der Waals surface area contributed by atoms with Crippen LogP contribution in [0.4, 0.5) is 22.9 Å². The first-order valence-corrected chi connectivity index (χ1v) is 20.8. The molecule has 0 saturated heterocycles. The summed E-state index contributed by atoms with van der Waals surface area (Å²) in [4.78, 5) is 37.0. The van der Waals surface area contributed by atoms with Gasteiger partial charge in [0.15, 0.2) is 0 Å². The van der Waals surface area contributed by atoms with Gasteiger partial charge in [0.05, 0.1) is 17.3 Å². The van der Waals surface area contributed by atoms with Crippen LogP contribution in [-0.2, 0) is 14.9 Å². The molecule has 0 unspecified atom stereocenters. The Morgan fingerprint density at radius 1 is 0.917 bits per heavy atom. The smallest absolute Gasteiger partial charge is 0.264 e. The van der Waals surface area contributed by atoms with E-state index in [0.29, 0.717) is 45.9 Å². The van der Waals surface area contributed by atoms with Crippen LogP contribution in [0.5, 0.6) is 0 Å². The van der Waals surface area contributed by atoms with Crippen LogP contribution in [0, 0.1) is 19.3 Å². The van der Waals surface area contributed by atoms with E-state index in [2.05, 4.69) is 31.8 Å². The Hall–Kier alpha value is -7.08. The van der Waals surface area contributed by atoms with Crippen LogP contribution < -0.4 is 30.8 Å². The lowest BCUT2D eigenvalue weighted by Gasteiger charge is -2.21. The molecule has 0 bridgehead atoms. The Bertz CT molecular complexity index is 2990. The molecule has 1 aliphatic carbocycles. The van der Waals surface area contributed by atoms with Gasteiger partial charge in [-0.15, -0.1) is 6.42 Å². The number of amides is 2. The molecule has 1 aromatic heterocycles. The largest absolute Gasteiger partial charge is 0.456 e. The van der Waals surface area contributed by atoms with Crippen molar-refractivity contribution in [1.82, 2.24) is 19.9 Å². The van der Waals surface area contributed by atoms with Crippen molar-refractivity contribution in [2.45, 2.75) is 19.8 Å². The van der Waals surface area contributed by atoms with Gasteiger partial charge in [0.25, 0.3) is 16.0 Å². The standard InChI is InChI=1S/C46H43N7O6S/c1-6-30-9-7-10-32(24-30)51-45-39-25-33(12-18-40(39)48-28-49-45)50-43(54)19-20-47-46(55)31-11-15-36(29(2)23-31)44-37-16-13-34(52(3)4)26-41(37)59-42-27-35(14-17-38(42)44)53(5)21-8-22-60(56,57)58/h1,7,9-18,23-28,47H,8,19-22H2,2-5H3,(H2,55,56,57,58)/p+1. The van der Waals surface area contributed by atoms with Crippen LogP contribution in [0.15, 0.2) is 108 Å². The number of rotatable bonds is 13. The minimum absolute atomic E-state index is 0.0499. The van der Waals surface area contributed by atoms with Crippen molar-refractivity contribution in [2.75, 3.05) is 55.5 Å². The van der Waals surface area contributed by atoms with E-state index in [4.69, 9.17) is 10.8 Å². The number of anilines is 4. The maximum absolute atomic E-state index is 13.4. The van der Waals surface area contributed by atoms with Crippen molar-refractivity contribution in [1.29, 1.82) is 0 Å². The summed E-state index contributed by atoms with van der Waals surface area (Å²) in [6.07, 6.45) is 7.34. The number of terminal acetylenes is 1. The van der Waals surface area contributed by atoms with E-state index in [9.17, 15) is 22.6 Å². The van der Waals surface area contributed by atoms with Crippen LogP contribution >= 0.6 is 0 Å². The van der Waals surface area contributed by atoms with Gasteiger partial charge in [-0.05, 0) is 91.2 Å². The summed E-state index contributed by atoms with van der Waals surface area (Å²) in [7, 11) is 1.72. The number of nitrogens with zero attached hydrogens (tertiary/aromatic N) is 4. The molecule has 0 spiro atoms. The predicted octanol–water partition coefficient (Wildman–Crippen LogP) is 6.69. The fourth-order valence-corrected chi connectivity index (χ4v) is 7.54. The normalized spacial score (nSPS) is 11.3. The van der Waals surface area contributed by atoms with Crippen molar-refractivity contribution in [2.24, 2.45) is 0 Å². The Morgan fingerprint density at radius 2 is 1.73 bits per heavy atom. The maximum Gasteiger partial charge on any atom is 0.264 e. The number of hydrogen-bond acceptors (Lipinski definition) is 9. The number of benzene rings is 5. The highest BCUT2D eigenvalue weighted by molar-refractivity contribution is 7.85. The van der Waals surface area contributed by atoms with Gasteiger partial charge in [0.2, 0.25) is 11.3 Å². The number of nitrogens with one attached hydrogen (secondary N) is 3. The molecular formula is C46H44N7O6S+. The van der Waals surface area contributed by atoms with Gasteiger partial charge >= 0.3 is 0 Å². The highest BCUT2D eigenvalue weighted by atomic mass is 32.2. The highest BCUT2D eigenvalue weighted by Gasteiger charge is 2.21. The van der Waals surface area contributed by atoms with Gasteiger partial charge in [-0.2, -0.15) is 8.42 Å². The third kappa shape index (κ3) is 9.44. The van der Waals surface area contributed by atoms with E-state index in [1.165, 1.54) is 6.33 Å². The van der Waals surface area contributed by atoms with Gasteiger partial charge in [-0.1, -0.05) is 18.1 Å². The molecule has 5 aromatic rings. The molecular weight excluding hydrogens is 779 g/mol. The molecule has 0 saturated carbocycles. The second kappa shape index (κ2) is 17.4. The van der Waals surface area contributed by atoms with Gasteiger partial charge in [0.1, 0.15) is 37.6 Å². The second-order valence-corrected chi connectivity index (χ2v) is 16.3. The van der Waals surface area contributed by atoms with E-state index in [0.717, 1.165) is 49.9 Å². The lowest BCUT2D eigenvalue weighted by Crippen LogP contribution is -2.27. The Morgan fingerprint density at radius 3 is 2.50 bits per heavy atom. The molecule has 7 rings (SSSR count). The number of carbonyl (C=O) groups is 2. The molecule has 2 amide bonds. The van der Waals surface area contributed by atoms with Crippen LogP contribution in [0.1, 0.15) is 34.3 Å². The van der Waals surface area contributed by atoms with Crippen molar-refractivity contribution < 1.29 is 27.0 Å². The Kier molecular flexibility index (Phi) is 11.9. The number of aryl methyl sites for hydroxylation is 1. The summed E-state index contributed by atoms with van der Waals surface area (Å²) in [6, 6.07) is 30.2. The summed E-state index contributed by atoms with van der Waals surface area (Å²) >= 11 is 0. The van der Waals surface area contributed by atoms with Crippen molar-refractivity contribution >= 4 is 66.7 Å². The second-order valence-electron chi connectivity index (χ2n) is 14.7. The van der Waals surface area contributed by atoms with Crippen molar-refractivity contribution in [3.63, 3.8) is 0 Å². The molecule has 4 N–H and O–H groups in total. The monoisotopic (exact) mass is 822 g/mol. The van der Waals surface area contributed by atoms with E-state index in [-0.39, 0.29) is 37.0 Å². The first kappa shape index (κ1) is 41.1. The van der Waals surface area contributed by atoms with Crippen molar-refractivity contribution in [3.05, 3.63) is 125 Å². The minimum atomic E-state index is -4.05. The Labute approximate surface area is 347 Å². The quantitative estimate of drug-likeness (QED) is 0.0426. The van der Waals surface area contributed by atoms with Gasteiger partial charge < -0.3 is 25.3 Å². The minimum Gasteiger partial charge on any atom is -0.456 e. The topological polar surface area (TPSA) is 170 Å². The zero-order chi connectivity index (χ0) is 42.6. The lowest BCUT2D eigenvalue weighted by atomic mass is 9.90. The van der Waals surface area contributed by atoms with Crippen LogP contribution in [0.25, 0.3) is 44.3 Å². The van der Waals surface area contributed by atoms with Crippen LogP contribution in [-0.4, -0.2) is 74.7 Å². The van der Waals surface area contributed by atoms with Gasteiger partial charge in [-0.3, -0.25) is 14.1 Å². The molecule has 13 nitrogen and oxygen atoms in total. The molecule has 0 atom stereocenters. The first-order chi connectivity index (χ1) is 28.8. The van der Waals surface area contributed by atoms with Crippen LogP contribution in [0.2, 0.25) is 0 Å².